The van der Waals surface area contributed by atoms with Gasteiger partial charge in [-0.3, -0.25) is 4.79 Å². The van der Waals surface area contributed by atoms with Crippen LogP contribution in [0.1, 0.15) is 32.0 Å². The second kappa shape index (κ2) is 8.27. The van der Waals surface area contributed by atoms with Crippen molar-refractivity contribution in [3.05, 3.63) is 97.9 Å². The highest BCUT2D eigenvalue weighted by Crippen LogP contribution is 2.38. The van der Waals surface area contributed by atoms with Crippen LogP contribution in [0.25, 0.3) is 17.0 Å². The molecule has 0 spiro atoms. The maximum absolute atomic E-state index is 12.9. The number of ketones is 1. The number of allylic oxidation sites excluding steroid dienone is 1. The number of benzene rings is 3. The molecule has 0 atom stereocenters. The molecule has 0 saturated carbocycles. The van der Waals surface area contributed by atoms with Gasteiger partial charge in [-0.25, -0.2) is 4.79 Å². The zero-order valence-electron chi connectivity index (χ0n) is 16.9. The standard InChI is InChI=1S/C25H13Cl3O5/c1-12-6-16(31-25(30)22-10-14-9-15(26)3-5-19(14)32-22)11-20-23(12)24(29)21(33-20)8-13-2-4-17(27)18(28)7-13/h2-11H,1H3/b21-8-. The lowest BCUT2D eigenvalue weighted by Crippen LogP contribution is -2.07. The molecule has 1 aromatic heterocycles. The van der Waals surface area contributed by atoms with Gasteiger partial charge in [0.2, 0.25) is 11.5 Å². The first kappa shape index (κ1) is 21.6. The van der Waals surface area contributed by atoms with Crippen LogP contribution in [-0.4, -0.2) is 11.8 Å². The molecule has 0 N–H and O–H groups in total. The zero-order chi connectivity index (χ0) is 23.3. The quantitative estimate of drug-likeness (QED) is 0.165. The van der Waals surface area contributed by atoms with E-state index < -0.39 is 5.97 Å². The number of hydrogen-bond donors (Lipinski definition) is 0. The Hall–Kier alpha value is -3.25. The lowest BCUT2D eigenvalue weighted by molar-refractivity contribution is 0.0703. The van der Waals surface area contributed by atoms with Crippen LogP contribution in [0.4, 0.5) is 0 Å². The third-order valence-corrected chi connectivity index (χ3v) is 6.05. The highest BCUT2D eigenvalue weighted by atomic mass is 35.5. The predicted octanol–water partition coefficient (Wildman–Crippen LogP) is 7.54. The van der Waals surface area contributed by atoms with Crippen molar-refractivity contribution in [3.63, 3.8) is 0 Å². The van der Waals surface area contributed by atoms with Crippen LogP contribution >= 0.6 is 34.8 Å². The molecule has 0 radical (unpaired) electrons. The summed E-state index contributed by atoms with van der Waals surface area (Å²) in [4.78, 5) is 25.5. The Balaban J connectivity index is 1.41. The molecule has 3 aromatic carbocycles. The Morgan fingerprint density at radius 2 is 1.79 bits per heavy atom. The topological polar surface area (TPSA) is 65.7 Å². The summed E-state index contributed by atoms with van der Waals surface area (Å²) in [5.74, 6) is -0.284. The van der Waals surface area contributed by atoms with E-state index in [1.807, 2.05) is 0 Å². The fourth-order valence-corrected chi connectivity index (χ4v) is 4.05. The van der Waals surface area contributed by atoms with Crippen LogP contribution in [0, 0.1) is 6.92 Å². The van der Waals surface area contributed by atoms with E-state index in [0.717, 1.165) is 0 Å². The smallest absolute Gasteiger partial charge is 0.379 e. The van der Waals surface area contributed by atoms with Gasteiger partial charge < -0.3 is 13.9 Å². The van der Waals surface area contributed by atoms with E-state index in [1.54, 1.807) is 61.5 Å². The molecule has 0 unspecified atom stereocenters. The summed E-state index contributed by atoms with van der Waals surface area (Å²) in [6.07, 6.45) is 1.58. The molecule has 0 aliphatic carbocycles. The van der Waals surface area contributed by atoms with Crippen LogP contribution < -0.4 is 9.47 Å². The monoisotopic (exact) mass is 498 g/mol. The largest absolute Gasteiger partial charge is 0.452 e. The Morgan fingerprint density at radius 3 is 2.58 bits per heavy atom. The van der Waals surface area contributed by atoms with Crippen molar-refractivity contribution in [2.75, 3.05) is 0 Å². The number of aryl methyl sites for hydroxylation is 1. The van der Waals surface area contributed by atoms with Gasteiger partial charge in [0.1, 0.15) is 17.1 Å². The molecule has 2 heterocycles. The van der Waals surface area contributed by atoms with Crippen LogP contribution in [0.2, 0.25) is 15.1 Å². The fraction of sp³-hybridized carbons (Fsp3) is 0.0400. The van der Waals surface area contributed by atoms with Gasteiger partial charge in [-0.05, 0) is 66.6 Å². The molecular formula is C25H13Cl3O5. The van der Waals surface area contributed by atoms with E-state index in [4.69, 9.17) is 48.7 Å². The summed E-state index contributed by atoms with van der Waals surface area (Å²) in [6.45, 7) is 1.74. The summed E-state index contributed by atoms with van der Waals surface area (Å²) < 4.78 is 16.8. The van der Waals surface area contributed by atoms with Crippen molar-refractivity contribution in [1.82, 2.24) is 0 Å². The summed E-state index contributed by atoms with van der Waals surface area (Å²) in [7, 11) is 0. The highest BCUT2D eigenvalue weighted by Gasteiger charge is 2.30. The molecule has 5 rings (SSSR count). The highest BCUT2D eigenvalue weighted by molar-refractivity contribution is 6.42. The van der Waals surface area contributed by atoms with Gasteiger partial charge in [0.15, 0.2) is 5.76 Å². The first-order valence-corrected chi connectivity index (χ1v) is 10.9. The number of rotatable bonds is 3. The van der Waals surface area contributed by atoms with Gasteiger partial charge in [0.05, 0.1) is 15.6 Å². The van der Waals surface area contributed by atoms with Crippen molar-refractivity contribution >= 4 is 63.6 Å². The fourth-order valence-electron chi connectivity index (χ4n) is 3.56. The third-order valence-electron chi connectivity index (χ3n) is 5.08. The molecular weight excluding hydrogens is 487 g/mol. The van der Waals surface area contributed by atoms with E-state index in [2.05, 4.69) is 0 Å². The maximum atomic E-state index is 12.9. The number of furan rings is 1. The van der Waals surface area contributed by atoms with Gasteiger partial charge >= 0.3 is 5.97 Å². The number of esters is 1. The van der Waals surface area contributed by atoms with Gasteiger partial charge in [-0.1, -0.05) is 40.9 Å². The predicted molar refractivity (Wildman–Crippen MR) is 127 cm³/mol. The third kappa shape index (κ3) is 4.11. The molecule has 33 heavy (non-hydrogen) atoms. The van der Waals surface area contributed by atoms with E-state index in [-0.39, 0.29) is 23.1 Å². The molecule has 0 fully saturated rings. The van der Waals surface area contributed by atoms with Crippen LogP contribution in [-0.2, 0) is 0 Å². The molecule has 4 aromatic rings. The molecule has 1 aliphatic rings. The normalized spacial score (nSPS) is 13.9. The molecule has 1 aliphatic heterocycles. The van der Waals surface area contributed by atoms with E-state index in [1.165, 1.54) is 6.07 Å². The minimum atomic E-state index is -0.683. The number of halogens is 3. The maximum Gasteiger partial charge on any atom is 0.379 e. The Bertz CT molecular complexity index is 1500. The summed E-state index contributed by atoms with van der Waals surface area (Å²) >= 11 is 18.0. The van der Waals surface area contributed by atoms with Crippen LogP contribution in [0.5, 0.6) is 11.5 Å². The second-order valence-electron chi connectivity index (χ2n) is 7.41. The van der Waals surface area contributed by atoms with Crippen LogP contribution in [0.3, 0.4) is 0 Å². The summed E-state index contributed by atoms with van der Waals surface area (Å²) in [5.41, 5.74) is 2.19. The summed E-state index contributed by atoms with van der Waals surface area (Å²) in [5, 5.41) is 2.00. The van der Waals surface area contributed by atoms with Gasteiger partial charge in [0.25, 0.3) is 0 Å². The van der Waals surface area contributed by atoms with Crippen molar-refractivity contribution in [3.8, 4) is 11.5 Å². The van der Waals surface area contributed by atoms with Crippen molar-refractivity contribution in [2.45, 2.75) is 6.92 Å². The lowest BCUT2D eigenvalue weighted by Gasteiger charge is -2.06. The van der Waals surface area contributed by atoms with Crippen LogP contribution in [0.15, 0.2) is 64.8 Å². The number of fused-ring (bicyclic) bond motifs is 2. The number of hydrogen-bond acceptors (Lipinski definition) is 5. The molecule has 0 bridgehead atoms. The number of Topliss-reactive ketones (excluding diaryl/α,β-unsaturated/α-hetero) is 1. The summed E-state index contributed by atoms with van der Waals surface area (Å²) in [6, 6.07) is 14.7. The van der Waals surface area contributed by atoms with E-state index in [0.29, 0.717) is 48.5 Å². The second-order valence-corrected chi connectivity index (χ2v) is 8.66. The minimum absolute atomic E-state index is 0.0302. The van der Waals surface area contributed by atoms with Crippen molar-refractivity contribution in [2.24, 2.45) is 0 Å². The molecule has 8 heteroatoms. The first-order valence-electron chi connectivity index (χ1n) is 9.74. The van der Waals surface area contributed by atoms with E-state index >= 15 is 0 Å². The average molecular weight is 500 g/mol. The van der Waals surface area contributed by atoms with Gasteiger partial charge in [-0.2, -0.15) is 0 Å². The molecule has 164 valence electrons. The zero-order valence-corrected chi connectivity index (χ0v) is 19.2. The van der Waals surface area contributed by atoms with E-state index in [9.17, 15) is 9.59 Å². The number of carbonyl (C=O) groups is 2. The number of carbonyl (C=O) groups excluding carboxylic acids is 2. The van der Waals surface area contributed by atoms with Crippen molar-refractivity contribution in [1.29, 1.82) is 0 Å². The lowest BCUT2D eigenvalue weighted by atomic mass is 10.0. The van der Waals surface area contributed by atoms with Crippen molar-refractivity contribution < 1.29 is 23.5 Å². The molecule has 5 nitrogen and oxygen atoms in total. The Kier molecular flexibility index (Phi) is 5.41. The minimum Gasteiger partial charge on any atom is -0.452 e. The Labute approximate surface area is 203 Å². The first-order chi connectivity index (χ1) is 15.8. The Morgan fingerprint density at radius 1 is 0.970 bits per heavy atom. The molecule has 0 amide bonds. The SMILES string of the molecule is Cc1cc(OC(=O)c2cc3cc(Cl)ccc3o2)cc2c1C(=O)/C(=C/c1ccc(Cl)c(Cl)c1)O2. The average Bonchev–Trinajstić information content (AvgIpc) is 3.31. The molecule has 0 saturated heterocycles. The number of ether oxygens (including phenoxy) is 2. The van der Waals surface area contributed by atoms with Gasteiger partial charge in [0, 0.05) is 16.5 Å². The van der Waals surface area contributed by atoms with Gasteiger partial charge in [-0.15, -0.1) is 0 Å².